The molecule has 114 valence electrons. The molecule has 21 heavy (non-hydrogen) atoms. The first kappa shape index (κ1) is 15.4. The van der Waals surface area contributed by atoms with E-state index in [-0.39, 0.29) is 11.9 Å². The number of benzene rings is 1. The standard InChI is InChI=1S/C16H23N3O2/c1-12(13-7-3-2-4-8-13)11-18-15(21)19-16(14(17)20)9-5-6-10-16/h2-4,7-8,12H,5-6,9-11H2,1H3,(H2,17,20)(H2,18,19,21)/t12-/m0/s1. The summed E-state index contributed by atoms with van der Waals surface area (Å²) in [5.74, 6) is -0.226. The molecule has 0 heterocycles. The molecule has 0 radical (unpaired) electrons. The predicted octanol–water partition coefficient (Wildman–Crippen LogP) is 1.89. The molecule has 1 atom stereocenters. The Hall–Kier alpha value is -2.04. The molecule has 0 aliphatic heterocycles. The van der Waals surface area contributed by atoms with Gasteiger partial charge in [-0.15, -0.1) is 0 Å². The van der Waals surface area contributed by atoms with Crippen LogP contribution in [0.5, 0.6) is 0 Å². The molecule has 0 aromatic heterocycles. The SMILES string of the molecule is C[C@@H](CNC(=O)NC1(C(N)=O)CCCC1)c1ccccc1. The van der Waals surface area contributed by atoms with Crippen LogP contribution in [-0.2, 0) is 4.79 Å². The number of primary amides is 1. The van der Waals surface area contributed by atoms with Crippen molar-refractivity contribution in [2.24, 2.45) is 5.73 Å². The highest BCUT2D eigenvalue weighted by Gasteiger charge is 2.40. The van der Waals surface area contributed by atoms with Gasteiger partial charge in [0.1, 0.15) is 5.54 Å². The Morgan fingerprint density at radius 3 is 2.43 bits per heavy atom. The molecule has 4 N–H and O–H groups in total. The number of carbonyl (C=O) groups is 2. The largest absolute Gasteiger partial charge is 0.368 e. The zero-order chi connectivity index (χ0) is 15.3. The van der Waals surface area contributed by atoms with E-state index in [1.165, 1.54) is 5.56 Å². The first-order valence-electron chi connectivity index (χ1n) is 7.44. The second-order valence-electron chi connectivity index (χ2n) is 5.80. The van der Waals surface area contributed by atoms with Crippen LogP contribution in [0.2, 0.25) is 0 Å². The molecule has 5 heteroatoms. The molecule has 0 saturated heterocycles. The fraction of sp³-hybridized carbons (Fsp3) is 0.500. The van der Waals surface area contributed by atoms with Crippen LogP contribution in [0, 0.1) is 0 Å². The fourth-order valence-corrected chi connectivity index (χ4v) is 2.82. The highest BCUT2D eigenvalue weighted by molar-refractivity contribution is 5.90. The molecule has 1 aromatic carbocycles. The number of nitrogens with one attached hydrogen (secondary N) is 2. The van der Waals surface area contributed by atoms with Crippen molar-refractivity contribution in [1.29, 1.82) is 0 Å². The van der Waals surface area contributed by atoms with Crippen LogP contribution in [0.1, 0.15) is 44.1 Å². The van der Waals surface area contributed by atoms with Crippen LogP contribution in [-0.4, -0.2) is 24.0 Å². The molecule has 3 amide bonds. The van der Waals surface area contributed by atoms with Gasteiger partial charge in [-0.3, -0.25) is 4.79 Å². The Kier molecular flexibility index (Phi) is 4.83. The molecule has 0 spiro atoms. The maximum Gasteiger partial charge on any atom is 0.315 e. The van der Waals surface area contributed by atoms with Crippen molar-refractivity contribution in [3.05, 3.63) is 35.9 Å². The molecule has 0 unspecified atom stereocenters. The molecule has 1 aliphatic rings. The summed E-state index contributed by atoms with van der Waals surface area (Å²) in [6, 6.07) is 9.67. The van der Waals surface area contributed by atoms with Crippen LogP contribution in [0.25, 0.3) is 0 Å². The third-order valence-corrected chi connectivity index (χ3v) is 4.22. The van der Waals surface area contributed by atoms with E-state index < -0.39 is 11.4 Å². The van der Waals surface area contributed by atoms with Gasteiger partial charge < -0.3 is 16.4 Å². The highest BCUT2D eigenvalue weighted by Crippen LogP contribution is 2.29. The van der Waals surface area contributed by atoms with Crippen LogP contribution >= 0.6 is 0 Å². The summed E-state index contributed by atoms with van der Waals surface area (Å²) in [5.41, 5.74) is 5.76. The van der Waals surface area contributed by atoms with E-state index in [0.29, 0.717) is 19.4 Å². The molecular weight excluding hydrogens is 266 g/mol. The third kappa shape index (κ3) is 3.74. The lowest BCUT2D eigenvalue weighted by Gasteiger charge is -2.27. The number of carbonyl (C=O) groups excluding carboxylic acids is 2. The van der Waals surface area contributed by atoms with Crippen molar-refractivity contribution in [3.63, 3.8) is 0 Å². The zero-order valence-electron chi connectivity index (χ0n) is 12.4. The molecule has 1 fully saturated rings. The lowest BCUT2D eigenvalue weighted by Crippen LogP contribution is -2.58. The number of hydrogen-bond donors (Lipinski definition) is 3. The Morgan fingerprint density at radius 2 is 1.86 bits per heavy atom. The van der Waals surface area contributed by atoms with Crippen molar-refractivity contribution in [2.75, 3.05) is 6.54 Å². The Balaban J connectivity index is 1.86. The van der Waals surface area contributed by atoms with Gasteiger partial charge in [0.15, 0.2) is 0 Å². The summed E-state index contributed by atoms with van der Waals surface area (Å²) in [6.07, 6.45) is 3.10. The number of rotatable bonds is 5. The topological polar surface area (TPSA) is 84.2 Å². The zero-order valence-corrected chi connectivity index (χ0v) is 12.4. The van der Waals surface area contributed by atoms with Crippen molar-refractivity contribution >= 4 is 11.9 Å². The average Bonchev–Trinajstić information content (AvgIpc) is 2.95. The molecule has 0 bridgehead atoms. The molecule has 5 nitrogen and oxygen atoms in total. The molecule has 1 saturated carbocycles. The number of amides is 3. The van der Waals surface area contributed by atoms with Crippen molar-refractivity contribution in [3.8, 4) is 0 Å². The fourth-order valence-electron chi connectivity index (χ4n) is 2.82. The van der Waals surface area contributed by atoms with Crippen molar-refractivity contribution in [1.82, 2.24) is 10.6 Å². The van der Waals surface area contributed by atoms with Gasteiger partial charge in [-0.25, -0.2) is 4.79 Å². The van der Waals surface area contributed by atoms with Crippen molar-refractivity contribution in [2.45, 2.75) is 44.1 Å². The van der Waals surface area contributed by atoms with E-state index in [1.807, 2.05) is 30.3 Å². The van der Waals surface area contributed by atoms with Crippen LogP contribution in [0.3, 0.4) is 0 Å². The minimum absolute atomic E-state index is 0.213. The molecule has 1 aromatic rings. The second kappa shape index (κ2) is 6.61. The lowest BCUT2D eigenvalue weighted by atomic mass is 9.97. The van der Waals surface area contributed by atoms with Gasteiger partial charge in [-0.1, -0.05) is 50.1 Å². The summed E-state index contributed by atoms with van der Waals surface area (Å²) in [4.78, 5) is 23.6. The smallest absolute Gasteiger partial charge is 0.315 e. The van der Waals surface area contributed by atoms with Crippen LogP contribution in [0.4, 0.5) is 4.79 Å². The summed E-state index contributed by atoms with van der Waals surface area (Å²) in [6.45, 7) is 2.57. The number of urea groups is 1. The normalized spacial score (nSPS) is 18.0. The van der Waals surface area contributed by atoms with Gasteiger partial charge in [-0.2, -0.15) is 0 Å². The maximum absolute atomic E-state index is 12.0. The summed E-state index contributed by atoms with van der Waals surface area (Å²) in [7, 11) is 0. The van der Waals surface area contributed by atoms with Gasteiger partial charge >= 0.3 is 6.03 Å². The monoisotopic (exact) mass is 289 g/mol. The van der Waals surface area contributed by atoms with E-state index in [1.54, 1.807) is 0 Å². The van der Waals surface area contributed by atoms with E-state index in [4.69, 9.17) is 5.73 Å². The predicted molar refractivity (Wildman–Crippen MR) is 81.8 cm³/mol. The molecule has 1 aliphatic carbocycles. The van der Waals surface area contributed by atoms with Crippen molar-refractivity contribution < 1.29 is 9.59 Å². The van der Waals surface area contributed by atoms with Gasteiger partial charge in [0.2, 0.25) is 5.91 Å². The van der Waals surface area contributed by atoms with E-state index in [0.717, 1.165) is 12.8 Å². The Bertz CT molecular complexity index is 496. The Labute approximate surface area is 125 Å². The quantitative estimate of drug-likeness (QED) is 0.773. The minimum Gasteiger partial charge on any atom is -0.368 e. The first-order valence-corrected chi connectivity index (χ1v) is 7.44. The first-order chi connectivity index (χ1) is 10.0. The van der Waals surface area contributed by atoms with Gasteiger partial charge in [0.05, 0.1) is 0 Å². The van der Waals surface area contributed by atoms with Crippen LogP contribution < -0.4 is 16.4 Å². The third-order valence-electron chi connectivity index (χ3n) is 4.22. The number of hydrogen-bond acceptors (Lipinski definition) is 2. The van der Waals surface area contributed by atoms with Gasteiger partial charge in [0.25, 0.3) is 0 Å². The van der Waals surface area contributed by atoms with Crippen LogP contribution in [0.15, 0.2) is 30.3 Å². The molecule has 2 rings (SSSR count). The summed E-state index contributed by atoms with van der Waals surface area (Å²) >= 11 is 0. The second-order valence-corrected chi connectivity index (χ2v) is 5.80. The van der Waals surface area contributed by atoms with E-state index >= 15 is 0 Å². The van der Waals surface area contributed by atoms with E-state index in [9.17, 15) is 9.59 Å². The summed E-state index contributed by atoms with van der Waals surface area (Å²) in [5, 5.41) is 5.60. The van der Waals surface area contributed by atoms with E-state index in [2.05, 4.69) is 17.6 Å². The Morgan fingerprint density at radius 1 is 1.24 bits per heavy atom. The van der Waals surface area contributed by atoms with Gasteiger partial charge in [0, 0.05) is 6.54 Å². The highest BCUT2D eigenvalue weighted by atomic mass is 16.2. The molecular formula is C16H23N3O2. The van der Waals surface area contributed by atoms with Gasteiger partial charge in [-0.05, 0) is 24.3 Å². The number of nitrogens with two attached hydrogens (primary N) is 1. The minimum atomic E-state index is -0.861. The lowest BCUT2D eigenvalue weighted by molar-refractivity contribution is -0.123. The maximum atomic E-state index is 12.0. The summed E-state index contributed by atoms with van der Waals surface area (Å²) < 4.78 is 0. The average molecular weight is 289 g/mol.